The Kier molecular flexibility index (Phi) is 5.07. The van der Waals surface area contributed by atoms with E-state index in [4.69, 9.17) is 23.2 Å². The Balaban J connectivity index is 2.07. The molecule has 1 aromatic heterocycles. The van der Waals surface area contributed by atoms with Crippen LogP contribution in [-0.4, -0.2) is 13.4 Å². The second-order valence-electron chi connectivity index (χ2n) is 6.58. The average molecular weight is 446 g/mol. The van der Waals surface area contributed by atoms with Crippen LogP contribution in [0.3, 0.4) is 0 Å². The van der Waals surface area contributed by atoms with Crippen molar-refractivity contribution in [2.45, 2.75) is 16.7 Å². The number of hydrogen-bond donors (Lipinski definition) is 0. The van der Waals surface area contributed by atoms with Gasteiger partial charge >= 0.3 is 0 Å². The number of aryl methyl sites for hydroxylation is 1. The molecule has 0 aliphatic carbocycles. The molecule has 0 saturated carbocycles. The fraction of sp³-hybridized carbons (Fsp3) is 0.0455. The first-order chi connectivity index (χ1) is 13.8. The Morgan fingerprint density at radius 3 is 2.34 bits per heavy atom. The first-order valence-electron chi connectivity index (χ1n) is 8.63. The molecule has 0 bridgehead atoms. The van der Waals surface area contributed by atoms with Crippen LogP contribution in [0.1, 0.15) is 5.56 Å². The van der Waals surface area contributed by atoms with Crippen LogP contribution in [0.2, 0.25) is 10.0 Å². The number of hydrogen-bond acceptors (Lipinski definition) is 3. The van der Waals surface area contributed by atoms with Gasteiger partial charge in [-0.15, -0.1) is 0 Å². The number of pyridine rings is 1. The first-order valence-corrected chi connectivity index (χ1v) is 10.9. The number of sulfone groups is 1. The van der Waals surface area contributed by atoms with Crippen molar-refractivity contribution < 1.29 is 12.8 Å². The molecule has 146 valence electrons. The summed E-state index contributed by atoms with van der Waals surface area (Å²) in [7, 11) is -3.97. The van der Waals surface area contributed by atoms with Crippen LogP contribution in [0.4, 0.5) is 4.39 Å². The summed E-state index contributed by atoms with van der Waals surface area (Å²) in [4.78, 5) is 4.27. The zero-order chi connectivity index (χ0) is 20.8. The number of benzene rings is 3. The summed E-state index contributed by atoms with van der Waals surface area (Å²) in [5.74, 6) is -0.484. The highest BCUT2D eigenvalue weighted by atomic mass is 35.5. The van der Waals surface area contributed by atoms with E-state index in [2.05, 4.69) is 4.98 Å². The van der Waals surface area contributed by atoms with Gasteiger partial charge in [-0.2, -0.15) is 0 Å². The SMILES string of the molecule is Cc1ccc(S(=O)(=O)c2cnc3ccc(F)cc3c2-c2ccc(Cl)cc2)cc1Cl. The third-order valence-corrected chi connectivity index (χ3v) is 7.09. The maximum atomic E-state index is 14.0. The number of fused-ring (bicyclic) bond motifs is 1. The molecule has 3 aromatic carbocycles. The Bertz CT molecular complexity index is 1350. The van der Waals surface area contributed by atoms with Gasteiger partial charge in [-0.1, -0.05) is 41.4 Å². The molecule has 0 radical (unpaired) electrons. The van der Waals surface area contributed by atoms with Crippen LogP contribution in [-0.2, 0) is 9.84 Å². The van der Waals surface area contributed by atoms with Gasteiger partial charge in [-0.25, -0.2) is 12.8 Å². The van der Waals surface area contributed by atoms with Crippen LogP contribution in [0, 0.1) is 12.7 Å². The van der Waals surface area contributed by atoms with E-state index >= 15 is 0 Å². The first kappa shape index (κ1) is 19.8. The van der Waals surface area contributed by atoms with Crippen LogP contribution < -0.4 is 0 Å². The molecule has 0 spiro atoms. The lowest BCUT2D eigenvalue weighted by Crippen LogP contribution is -2.06. The molecule has 0 aliphatic rings. The van der Waals surface area contributed by atoms with Crippen molar-refractivity contribution in [3.8, 4) is 11.1 Å². The van der Waals surface area contributed by atoms with E-state index in [0.29, 0.717) is 32.1 Å². The summed E-state index contributed by atoms with van der Waals surface area (Å²) in [6.07, 6.45) is 1.30. The molecule has 0 saturated heterocycles. The highest BCUT2D eigenvalue weighted by Crippen LogP contribution is 2.37. The van der Waals surface area contributed by atoms with Crippen LogP contribution in [0.5, 0.6) is 0 Å². The summed E-state index contributed by atoms with van der Waals surface area (Å²) in [5.41, 5.74) is 2.20. The third kappa shape index (κ3) is 3.62. The van der Waals surface area contributed by atoms with E-state index in [1.807, 2.05) is 0 Å². The fourth-order valence-electron chi connectivity index (χ4n) is 3.13. The monoisotopic (exact) mass is 445 g/mol. The van der Waals surface area contributed by atoms with Crippen molar-refractivity contribution in [3.05, 3.63) is 88.3 Å². The molecule has 4 aromatic rings. The van der Waals surface area contributed by atoms with E-state index in [-0.39, 0.29) is 9.79 Å². The second kappa shape index (κ2) is 7.41. The largest absolute Gasteiger partial charge is 0.255 e. The predicted molar refractivity (Wildman–Crippen MR) is 114 cm³/mol. The average Bonchev–Trinajstić information content (AvgIpc) is 2.69. The van der Waals surface area contributed by atoms with E-state index in [9.17, 15) is 12.8 Å². The van der Waals surface area contributed by atoms with Crippen molar-refractivity contribution in [1.82, 2.24) is 4.98 Å². The molecule has 3 nitrogen and oxygen atoms in total. The molecular weight excluding hydrogens is 432 g/mol. The van der Waals surface area contributed by atoms with Gasteiger partial charge in [0, 0.05) is 27.2 Å². The predicted octanol–water partition coefficient (Wildman–Crippen LogP) is 6.49. The molecule has 29 heavy (non-hydrogen) atoms. The standard InChI is InChI=1S/C22H14Cl2FNO2S/c1-13-2-8-17(11-19(13)24)29(27,28)21-12-26-20-9-7-16(25)10-18(20)22(21)14-3-5-15(23)6-4-14/h2-12H,1H3. The zero-order valence-electron chi connectivity index (χ0n) is 15.2. The van der Waals surface area contributed by atoms with Crippen LogP contribution in [0.15, 0.2) is 76.7 Å². The normalized spacial score (nSPS) is 11.7. The Morgan fingerprint density at radius 1 is 0.931 bits per heavy atom. The van der Waals surface area contributed by atoms with Gasteiger partial charge in [0.25, 0.3) is 0 Å². The van der Waals surface area contributed by atoms with Gasteiger partial charge in [0.05, 0.1) is 15.3 Å². The maximum absolute atomic E-state index is 14.0. The smallest absolute Gasteiger partial charge is 0.208 e. The topological polar surface area (TPSA) is 47.0 Å². The number of halogens is 3. The molecule has 0 atom stereocenters. The summed E-state index contributed by atoms with van der Waals surface area (Å²) in [5, 5.41) is 1.25. The zero-order valence-corrected chi connectivity index (χ0v) is 17.5. The molecular formula is C22H14Cl2FNO2S. The Hall–Kier alpha value is -2.47. The highest BCUT2D eigenvalue weighted by Gasteiger charge is 2.25. The molecule has 0 unspecified atom stereocenters. The molecule has 0 N–H and O–H groups in total. The third-order valence-electron chi connectivity index (χ3n) is 4.67. The molecule has 1 heterocycles. The van der Waals surface area contributed by atoms with Crippen molar-refractivity contribution in [3.63, 3.8) is 0 Å². The minimum Gasteiger partial charge on any atom is -0.255 e. The van der Waals surface area contributed by atoms with Gasteiger partial charge in [-0.3, -0.25) is 4.98 Å². The quantitative estimate of drug-likeness (QED) is 0.362. The Morgan fingerprint density at radius 2 is 1.66 bits per heavy atom. The van der Waals surface area contributed by atoms with Crippen molar-refractivity contribution >= 4 is 43.9 Å². The lowest BCUT2D eigenvalue weighted by molar-refractivity contribution is 0.596. The van der Waals surface area contributed by atoms with Crippen LogP contribution in [0.25, 0.3) is 22.0 Å². The maximum Gasteiger partial charge on any atom is 0.208 e. The second-order valence-corrected chi connectivity index (χ2v) is 9.34. The van der Waals surface area contributed by atoms with E-state index in [1.165, 1.54) is 36.5 Å². The van der Waals surface area contributed by atoms with Gasteiger partial charge in [0.2, 0.25) is 9.84 Å². The lowest BCUT2D eigenvalue weighted by atomic mass is 10.0. The summed E-state index contributed by atoms with van der Waals surface area (Å²) in [6.45, 7) is 1.79. The Labute approximate surface area is 177 Å². The van der Waals surface area contributed by atoms with Gasteiger partial charge in [0.15, 0.2) is 0 Å². The van der Waals surface area contributed by atoms with Gasteiger partial charge in [0.1, 0.15) is 5.82 Å². The van der Waals surface area contributed by atoms with Gasteiger partial charge in [-0.05, 0) is 60.5 Å². The molecule has 7 heteroatoms. The number of aromatic nitrogens is 1. The minimum atomic E-state index is -3.97. The van der Waals surface area contributed by atoms with E-state index in [0.717, 1.165) is 5.56 Å². The summed E-state index contributed by atoms with van der Waals surface area (Å²) in [6, 6.07) is 15.3. The molecule has 0 amide bonds. The van der Waals surface area contributed by atoms with Crippen molar-refractivity contribution in [2.75, 3.05) is 0 Å². The summed E-state index contributed by atoms with van der Waals surface area (Å²) < 4.78 is 41.0. The van der Waals surface area contributed by atoms with Crippen LogP contribution >= 0.6 is 23.2 Å². The molecule has 0 fully saturated rings. The minimum absolute atomic E-state index is 0.0298. The number of nitrogens with zero attached hydrogens (tertiary/aromatic N) is 1. The van der Waals surface area contributed by atoms with E-state index in [1.54, 1.807) is 37.3 Å². The fourth-order valence-corrected chi connectivity index (χ4v) is 4.97. The highest BCUT2D eigenvalue weighted by molar-refractivity contribution is 7.91. The molecule has 0 aliphatic heterocycles. The van der Waals surface area contributed by atoms with Crippen molar-refractivity contribution in [2.24, 2.45) is 0 Å². The van der Waals surface area contributed by atoms with E-state index < -0.39 is 15.7 Å². The number of rotatable bonds is 3. The summed E-state index contributed by atoms with van der Waals surface area (Å²) >= 11 is 12.1. The lowest BCUT2D eigenvalue weighted by Gasteiger charge is -2.14. The molecule has 4 rings (SSSR count). The van der Waals surface area contributed by atoms with Crippen molar-refractivity contribution in [1.29, 1.82) is 0 Å². The van der Waals surface area contributed by atoms with Gasteiger partial charge < -0.3 is 0 Å².